The van der Waals surface area contributed by atoms with Crippen LogP contribution in [0.2, 0.25) is 0 Å². The molecule has 0 bridgehead atoms. The Kier molecular flexibility index (Phi) is 5.59. The summed E-state index contributed by atoms with van der Waals surface area (Å²) < 4.78 is 12.3. The van der Waals surface area contributed by atoms with Crippen molar-refractivity contribution in [2.45, 2.75) is 123 Å². The van der Waals surface area contributed by atoms with E-state index in [-0.39, 0.29) is 6.29 Å². The Bertz CT molecular complexity index is 541. The highest BCUT2D eigenvalue weighted by atomic mass is 16.7. The summed E-state index contributed by atoms with van der Waals surface area (Å²) in [6.07, 6.45) is 21.8. The van der Waals surface area contributed by atoms with Crippen LogP contribution >= 0.6 is 0 Å². The van der Waals surface area contributed by atoms with E-state index in [9.17, 15) is 0 Å². The number of fused-ring (bicyclic) bond motifs is 5. The lowest BCUT2D eigenvalue weighted by Gasteiger charge is -2.61. The number of hydrogen-bond acceptors (Lipinski definition) is 2. The third kappa shape index (κ3) is 3.29. The summed E-state index contributed by atoms with van der Waals surface area (Å²) in [7, 11) is 0. The van der Waals surface area contributed by atoms with E-state index >= 15 is 0 Å². The lowest BCUT2D eigenvalue weighted by Crippen LogP contribution is -2.54. The molecule has 4 aliphatic carbocycles. The first kappa shape index (κ1) is 19.9. The summed E-state index contributed by atoms with van der Waals surface area (Å²) in [5.41, 5.74) is 1.34. The minimum atomic E-state index is 0.0993. The van der Waals surface area contributed by atoms with Crippen molar-refractivity contribution in [3.63, 3.8) is 0 Å². The summed E-state index contributed by atoms with van der Waals surface area (Å²) in [5.74, 6) is 4.01. The van der Waals surface area contributed by atoms with Gasteiger partial charge in [-0.15, -0.1) is 0 Å². The van der Waals surface area contributed by atoms with Gasteiger partial charge in [0.1, 0.15) is 0 Å². The van der Waals surface area contributed by atoms with E-state index in [1.54, 1.807) is 19.3 Å². The van der Waals surface area contributed by atoms with Crippen molar-refractivity contribution in [1.29, 1.82) is 0 Å². The molecule has 0 N–H and O–H groups in total. The third-order valence-electron chi connectivity index (χ3n) is 10.4. The molecular weight excluding hydrogens is 344 g/mol. The topological polar surface area (TPSA) is 18.5 Å². The van der Waals surface area contributed by atoms with Gasteiger partial charge in [-0.25, -0.2) is 0 Å². The molecule has 4 saturated carbocycles. The van der Waals surface area contributed by atoms with Crippen molar-refractivity contribution >= 4 is 0 Å². The molecule has 0 spiro atoms. The summed E-state index contributed by atoms with van der Waals surface area (Å²) in [6, 6.07) is 0. The highest BCUT2D eigenvalue weighted by Gasteiger charge is 2.58. The molecule has 160 valence electrons. The van der Waals surface area contributed by atoms with E-state index in [0.717, 1.165) is 42.1 Å². The number of rotatable bonds is 4. The molecule has 0 aromatic heterocycles. The van der Waals surface area contributed by atoms with Crippen molar-refractivity contribution < 1.29 is 9.47 Å². The Labute approximate surface area is 173 Å². The smallest absolute Gasteiger partial charge is 0.157 e. The Hall–Kier alpha value is -0.0800. The molecule has 1 unspecified atom stereocenters. The fourth-order valence-electron chi connectivity index (χ4n) is 9.10. The predicted octanol–water partition coefficient (Wildman–Crippen LogP) is 7.11. The van der Waals surface area contributed by atoms with Gasteiger partial charge in [-0.1, -0.05) is 26.7 Å². The van der Waals surface area contributed by atoms with Crippen molar-refractivity contribution in [3.8, 4) is 0 Å². The van der Waals surface area contributed by atoms with Crippen LogP contribution in [0, 0.1) is 34.5 Å². The van der Waals surface area contributed by atoms with Crippen LogP contribution in [0.25, 0.3) is 0 Å². The lowest BCUT2D eigenvalue weighted by atomic mass is 9.44. The normalized spacial score (nSPS) is 51.2. The fraction of sp³-hybridized carbons (Fsp3) is 1.00. The molecule has 2 nitrogen and oxygen atoms in total. The monoisotopic (exact) mass is 388 g/mol. The van der Waals surface area contributed by atoms with Crippen LogP contribution in [0.1, 0.15) is 110 Å². The first-order chi connectivity index (χ1) is 13.6. The second kappa shape index (κ2) is 7.88. The molecule has 0 aromatic carbocycles. The maximum atomic E-state index is 6.46. The highest BCUT2D eigenvalue weighted by molar-refractivity contribution is 5.08. The van der Waals surface area contributed by atoms with Crippen molar-refractivity contribution in [2.24, 2.45) is 34.5 Å². The van der Waals surface area contributed by atoms with E-state index in [2.05, 4.69) is 13.8 Å². The zero-order chi connectivity index (χ0) is 19.2. The van der Waals surface area contributed by atoms with Gasteiger partial charge in [-0.3, -0.25) is 0 Å². The number of hydrogen-bond donors (Lipinski definition) is 0. The zero-order valence-electron chi connectivity index (χ0n) is 18.6. The molecule has 5 fully saturated rings. The Morgan fingerprint density at radius 3 is 2.64 bits per heavy atom. The van der Waals surface area contributed by atoms with Gasteiger partial charge in [0.25, 0.3) is 0 Å². The molecule has 5 aliphatic rings. The van der Waals surface area contributed by atoms with E-state index in [1.807, 2.05) is 0 Å². The first-order valence-electron chi connectivity index (χ1n) is 12.9. The summed E-state index contributed by atoms with van der Waals surface area (Å²) in [4.78, 5) is 0. The second-order valence-corrected chi connectivity index (χ2v) is 11.5. The zero-order valence-corrected chi connectivity index (χ0v) is 18.6. The van der Waals surface area contributed by atoms with Gasteiger partial charge in [0, 0.05) is 6.61 Å². The van der Waals surface area contributed by atoms with Gasteiger partial charge < -0.3 is 9.47 Å². The lowest BCUT2D eigenvalue weighted by molar-refractivity contribution is -0.212. The average Bonchev–Trinajstić information content (AvgIpc) is 3.13. The van der Waals surface area contributed by atoms with Crippen molar-refractivity contribution in [1.82, 2.24) is 0 Å². The second-order valence-electron chi connectivity index (χ2n) is 11.5. The molecule has 5 rings (SSSR count). The van der Waals surface area contributed by atoms with E-state index < -0.39 is 0 Å². The van der Waals surface area contributed by atoms with Gasteiger partial charge in [0.15, 0.2) is 6.29 Å². The Morgan fingerprint density at radius 1 is 0.893 bits per heavy atom. The fourth-order valence-corrected chi connectivity index (χ4v) is 9.10. The standard InChI is InChI=1S/C26H44O2/c1-3-13-26-14-6-7-23(26)21-10-9-19-18-20(28-24-8-4-5-17-27-24)11-15-25(19,2)22(21)12-16-26/h19-24H,3-18H2,1-2H3/t19-,20+,21+,22-,23-,24?,25-,26-/m0/s1. The van der Waals surface area contributed by atoms with E-state index in [1.165, 1.54) is 70.6 Å². The van der Waals surface area contributed by atoms with Gasteiger partial charge in [-0.05, 0) is 118 Å². The molecule has 0 aromatic rings. The average molecular weight is 389 g/mol. The Balaban J connectivity index is 1.27. The molecule has 0 amide bonds. The molecule has 1 aliphatic heterocycles. The van der Waals surface area contributed by atoms with E-state index in [0.29, 0.717) is 11.5 Å². The Morgan fingerprint density at radius 2 is 1.82 bits per heavy atom. The first-order valence-corrected chi connectivity index (χ1v) is 12.9. The maximum Gasteiger partial charge on any atom is 0.157 e. The van der Waals surface area contributed by atoms with E-state index in [4.69, 9.17) is 9.47 Å². The SMILES string of the molecule is CCC[C@@]12CCC[C@H]1[C@@H]1CC[C@H]3C[C@H](OC4CCCCO4)CC[C@]3(C)[C@H]1CC2. The molecule has 2 heteroatoms. The molecule has 8 atom stereocenters. The largest absolute Gasteiger partial charge is 0.353 e. The molecule has 28 heavy (non-hydrogen) atoms. The molecule has 0 radical (unpaired) electrons. The van der Waals surface area contributed by atoms with Crippen LogP contribution in [0.15, 0.2) is 0 Å². The predicted molar refractivity (Wildman–Crippen MR) is 114 cm³/mol. The van der Waals surface area contributed by atoms with Gasteiger partial charge in [-0.2, -0.15) is 0 Å². The molecular formula is C26H44O2. The molecule has 1 saturated heterocycles. The quantitative estimate of drug-likeness (QED) is 0.478. The highest BCUT2D eigenvalue weighted by Crippen LogP contribution is 2.67. The third-order valence-corrected chi connectivity index (χ3v) is 10.4. The van der Waals surface area contributed by atoms with Crippen LogP contribution < -0.4 is 0 Å². The summed E-state index contributed by atoms with van der Waals surface area (Å²) >= 11 is 0. The van der Waals surface area contributed by atoms with Crippen LogP contribution in [0.5, 0.6) is 0 Å². The maximum absolute atomic E-state index is 6.46. The molecule has 1 heterocycles. The van der Waals surface area contributed by atoms with Crippen molar-refractivity contribution in [2.75, 3.05) is 6.61 Å². The van der Waals surface area contributed by atoms with Crippen molar-refractivity contribution in [3.05, 3.63) is 0 Å². The number of ether oxygens (including phenoxy) is 2. The summed E-state index contributed by atoms with van der Waals surface area (Å²) in [6.45, 7) is 6.03. The van der Waals surface area contributed by atoms with Gasteiger partial charge in [0.05, 0.1) is 6.10 Å². The van der Waals surface area contributed by atoms with Gasteiger partial charge in [0.2, 0.25) is 0 Å². The van der Waals surface area contributed by atoms with Crippen LogP contribution in [0.3, 0.4) is 0 Å². The summed E-state index contributed by atoms with van der Waals surface area (Å²) in [5, 5.41) is 0. The van der Waals surface area contributed by atoms with Gasteiger partial charge >= 0.3 is 0 Å². The van der Waals surface area contributed by atoms with Crippen LogP contribution in [-0.2, 0) is 9.47 Å². The minimum Gasteiger partial charge on any atom is -0.353 e. The minimum absolute atomic E-state index is 0.0993. The van der Waals surface area contributed by atoms with Crippen LogP contribution in [0.4, 0.5) is 0 Å². The van der Waals surface area contributed by atoms with Crippen LogP contribution in [-0.4, -0.2) is 19.0 Å².